The van der Waals surface area contributed by atoms with Crippen molar-refractivity contribution in [2.24, 2.45) is 5.92 Å². The molecule has 0 saturated carbocycles. The molecule has 0 radical (unpaired) electrons. The van der Waals surface area contributed by atoms with Gasteiger partial charge in [-0.3, -0.25) is 4.98 Å². The molecule has 6 heteroatoms. The molecule has 0 aliphatic carbocycles. The zero-order valence-corrected chi connectivity index (χ0v) is 11.9. The number of benzene rings is 1. The largest absolute Gasteiger partial charge is 0.464 e. The summed E-state index contributed by atoms with van der Waals surface area (Å²) in [6.07, 6.45) is 0. The van der Waals surface area contributed by atoms with E-state index in [1.165, 1.54) is 0 Å². The molecule has 0 spiro atoms. The highest BCUT2D eigenvalue weighted by Gasteiger charge is 2.21. The maximum absolute atomic E-state index is 9.17. The summed E-state index contributed by atoms with van der Waals surface area (Å²) in [5, 5.41) is 26.9. The van der Waals surface area contributed by atoms with E-state index < -0.39 is 0 Å². The fraction of sp³-hybridized carbons (Fsp3) is 0.250. The van der Waals surface area contributed by atoms with Gasteiger partial charge in [-0.2, -0.15) is 20.8 Å². The first kappa shape index (κ1) is 15.1. The van der Waals surface area contributed by atoms with E-state index in [1.54, 1.807) is 0 Å². The number of aromatic nitrogens is 2. The van der Waals surface area contributed by atoms with Gasteiger partial charge in [-0.15, -0.1) is 0 Å². The number of nitrogens with one attached hydrogen (secondary N) is 1. The van der Waals surface area contributed by atoms with E-state index in [0.29, 0.717) is 0 Å². The third kappa shape index (κ3) is 3.23. The van der Waals surface area contributed by atoms with Crippen molar-refractivity contribution in [3.63, 3.8) is 0 Å². The number of nitrogens with zero attached hydrogens (tertiary/aromatic N) is 4. The van der Waals surface area contributed by atoms with Crippen LogP contribution in [0.5, 0.6) is 6.01 Å². The van der Waals surface area contributed by atoms with E-state index in [4.69, 9.17) is 15.3 Å². The van der Waals surface area contributed by atoms with E-state index in [9.17, 15) is 5.26 Å². The Morgan fingerprint density at radius 3 is 2.45 bits per heavy atom. The van der Waals surface area contributed by atoms with Gasteiger partial charge in [0.05, 0.1) is 18.6 Å². The van der Waals surface area contributed by atoms with Crippen LogP contribution in [0.1, 0.15) is 29.8 Å². The second-order valence-corrected chi connectivity index (χ2v) is 4.74. The molecule has 0 bridgehead atoms. The van der Waals surface area contributed by atoms with Gasteiger partial charge in [-0.1, -0.05) is 30.3 Å². The van der Waals surface area contributed by atoms with Crippen LogP contribution in [0.15, 0.2) is 30.3 Å². The van der Waals surface area contributed by atoms with Crippen molar-refractivity contribution < 1.29 is 4.74 Å². The van der Waals surface area contributed by atoms with Crippen molar-refractivity contribution in [3.8, 4) is 24.2 Å². The summed E-state index contributed by atoms with van der Waals surface area (Å²) >= 11 is 0. The SMILES string of the molecule is CC(C#N)C(COc1nc(C#N)c(C#N)[nH]1)c1ccccc1. The monoisotopic (exact) mass is 291 g/mol. The lowest BCUT2D eigenvalue weighted by Crippen LogP contribution is -2.17. The second-order valence-electron chi connectivity index (χ2n) is 4.74. The summed E-state index contributed by atoms with van der Waals surface area (Å²) in [6, 6.07) is 15.6. The molecule has 2 unspecified atom stereocenters. The summed E-state index contributed by atoms with van der Waals surface area (Å²) < 4.78 is 5.55. The van der Waals surface area contributed by atoms with Crippen LogP contribution in [-0.4, -0.2) is 16.6 Å². The Morgan fingerprint density at radius 1 is 1.18 bits per heavy atom. The highest BCUT2D eigenvalue weighted by Crippen LogP contribution is 2.25. The van der Waals surface area contributed by atoms with Crippen LogP contribution in [-0.2, 0) is 0 Å². The fourth-order valence-electron chi connectivity index (χ4n) is 2.07. The number of aromatic amines is 1. The van der Waals surface area contributed by atoms with Crippen LogP contribution < -0.4 is 4.74 Å². The van der Waals surface area contributed by atoms with E-state index in [0.717, 1.165) is 5.56 Å². The quantitative estimate of drug-likeness (QED) is 0.910. The van der Waals surface area contributed by atoms with E-state index in [2.05, 4.69) is 16.0 Å². The van der Waals surface area contributed by atoms with Gasteiger partial charge in [-0.05, 0) is 12.5 Å². The minimum Gasteiger partial charge on any atom is -0.464 e. The molecule has 22 heavy (non-hydrogen) atoms. The Morgan fingerprint density at radius 2 is 1.91 bits per heavy atom. The normalized spacial score (nSPS) is 12.5. The van der Waals surface area contributed by atoms with E-state index in [-0.39, 0.29) is 35.8 Å². The average molecular weight is 291 g/mol. The Kier molecular flexibility index (Phi) is 4.75. The second kappa shape index (κ2) is 6.92. The predicted octanol–water partition coefficient (Wildman–Crippen LogP) is 2.48. The number of rotatable bonds is 5. The van der Waals surface area contributed by atoms with Crippen molar-refractivity contribution in [3.05, 3.63) is 47.3 Å². The predicted molar refractivity (Wildman–Crippen MR) is 77.5 cm³/mol. The van der Waals surface area contributed by atoms with Gasteiger partial charge >= 0.3 is 0 Å². The summed E-state index contributed by atoms with van der Waals surface area (Å²) in [4.78, 5) is 6.55. The summed E-state index contributed by atoms with van der Waals surface area (Å²) in [5.74, 6) is -0.379. The number of hydrogen-bond donors (Lipinski definition) is 1. The van der Waals surface area contributed by atoms with E-state index >= 15 is 0 Å². The van der Waals surface area contributed by atoms with Gasteiger partial charge in [0.2, 0.25) is 0 Å². The third-order valence-corrected chi connectivity index (χ3v) is 3.33. The molecule has 1 N–H and O–H groups in total. The highest BCUT2D eigenvalue weighted by atomic mass is 16.5. The minimum absolute atomic E-state index is 0.00194. The van der Waals surface area contributed by atoms with Gasteiger partial charge in [0.25, 0.3) is 6.01 Å². The fourth-order valence-corrected chi connectivity index (χ4v) is 2.07. The summed E-state index contributed by atoms with van der Waals surface area (Å²) in [6.45, 7) is 2.05. The lowest BCUT2D eigenvalue weighted by Gasteiger charge is -2.19. The Balaban J connectivity index is 2.16. The highest BCUT2D eigenvalue weighted by molar-refractivity contribution is 5.37. The molecule has 1 heterocycles. The molecule has 1 aromatic carbocycles. The number of nitriles is 3. The van der Waals surface area contributed by atoms with E-state index in [1.807, 2.05) is 49.4 Å². The van der Waals surface area contributed by atoms with Crippen molar-refractivity contribution in [2.45, 2.75) is 12.8 Å². The first-order chi connectivity index (χ1) is 10.7. The van der Waals surface area contributed by atoms with Crippen molar-refractivity contribution in [2.75, 3.05) is 6.61 Å². The lowest BCUT2D eigenvalue weighted by molar-refractivity contribution is 0.251. The Labute approximate surface area is 128 Å². The minimum atomic E-state index is -0.247. The van der Waals surface area contributed by atoms with Gasteiger partial charge in [0.15, 0.2) is 11.4 Å². The van der Waals surface area contributed by atoms with Gasteiger partial charge in [0.1, 0.15) is 12.1 Å². The number of ether oxygens (including phenoxy) is 1. The van der Waals surface area contributed by atoms with Crippen molar-refractivity contribution in [1.82, 2.24) is 9.97 Å². The van der Waals surface area contributed by atoms with Crippen molar-refractivity contribution >= 4 is 0 Å². The number of H-pyrrole nitrogens is 1. The molecule has 108 valence electrons. The topological polar surface area (TPSA) is 109 Å². The molecule has 0 saturated heterocycles. The standard InChI is InChI=1S/C16H13N5O/c1-11(7-17)13(12-5-3-2-4-6-12)10-22-16-20-14(8-18)15(9-19)21-16/h2-6,11,13H,10H2,1H3,(H,20,21). The maximum atomic E-state index is 9.17. The Bertz CT molecular complexity index is 729. The molecule has 2 rings (SSSR count). The lowest BCUT2D eigenvalue weighted by atomic mass is 9.89. The summed E-state index contributed by atoms with van der Waals surface area (Å²) in [5.41, 5.74) is 1.06. The zero-order chi connectivity index (χ0) is 15.9. The molecule has 0 amide bonds. The Hall–Kier alpha value is -3.30. The summed E-state index contributed by atoms with van der Waals surface area (Å²) in [7, 11) is 0. The molecule has 6 nitrogen and oxygen atoms in total. The first-order valence-corrected chi connectivity index (χ1v) is 6.67. The molecule has 2 atom stereocenters. The molecule has 2 aromatic rings. The average Bonchev–Trinajstić information content (AvgIpc) is 2.98. The van der Waals surface area contributed by atoms with Crippen LogP contribution in [0.25, 0.3) is 0 Å². The number of hydrogen-bond acceptors (Lipinski definition) is 5. The van der Waals surface area contributed by atoms with Crippen molar-refractivity contribution in [1.29, 1.82) is 15.8 Å². The molecule has 1 aromatic heterocycles. The number of imidazole rings is 1. The molecule has 0 aliphatic heterocycles. The van der Waals surface area contributed by atoms with Gasteiger partial charge in [0, 0.05) is 5.92 Å². The van der Waals surface area contributed by atoms with Crippen LogP contribution >= 0.6 is 0 Å². The van der Waals surface area contributed by atoms with Gasteiger partial charge in [-0.25, -0.2) is 0 Å². The van der Waals surface area contributed by atoms with Crippen LogP contribution in [0.2, 0.25) is 0 Å². The zero-order valence-electron chi connectivity index (χ0n) is 11.9. The maximum Gasteiger partial charge on any atom is 0.295 e. The molecular formula is C16H13N5O. The first-order valence-electron chi connectivity index (χ1n) is 6.67. The smallest absolute Gasteiger partial charge is 0.295 e. The van der Waals surface area contributed by atoms with Crippen LogP contribution in [0.4, 0.5) is 0 Å². The molecule has 0 aliphatic rings. The van der Waals surface area contributed by atoms with Gasteiger partial charge < -0.3 is 4.74 Å². The third-order valence-electron chi connectivity index (χ3n) is 3.33. The van der Waals surface area contributed by atoms with Crippen LogP contribution in [0, 0.1) is 39.9 Å². The molecular weight excluding hydrogens is 278 g/mol. The molecule has 0 fully saturated rings. The van der Waals surface area contributed by atoms with Crippen LogP contribution in [0.3, 0.4) is 0 Å².